The molecule has 0 N–H and O–H groups in total. The molecule has 0 saturated heterocycles. The molecule has 268 valence electrons. The van der Waals surface area contributed by atoms with Gasteiger partial charge in [0.05, 0.1) is 5.69 Å². The van der Waals surface area contributed by atoms with E-state index in [1.807, 2.05) is 54.6 Å². The van der Waals surface area contributed by atoms with Crippen LogP contribution >= 0.6 is 0 Å². The minimum atomic E-state index is -0.356. The highest BCUT2D eigenvalue weighted by Gasteiger charge is 2.38. The fourth-order valence-corrected chi connectivity index (χ4v) is 7.40. The van der Waals surface area contributed by atoms with Gasteiger partial charge in [0.25, 0.3) is 0 Å². The van der Waals surface area contributed by atoms with Crippen molar-refractivity contribution in [3.63, 3.8) is 0 Å². The van der Waals surface area contributed by atoms with Gasteiger partial charge in [-0.15, -0.1) is 0 Å². The van der Waals surface area contributed by atoms with Crippen molar-refractivity contribution in [3.05, 3.63) is 204 Å². The Kier molecular flexibility index (Phi) is 11.2. The van der Waals surface area contributed by atoms with Crippen LogP contribution in [0.15, 0.2) is 187 Å². The Morgan fingerprint density at radius 1 is 0.741 bits per heavy atom. The molecule has 1 aliphatic rings. The van der Waals surface area contributed by atoms with E-state index in [4.69, 9.17) is 0 Å². The summed E-state index contributed by atoms with van der Waals surface area (Å²) in [5.41, 5.74) is 13.9. The zero-order valence-corrected chi connectivity index (χ0v) is 32.4. The van der Waals surface area contributed by atoms with Gasteiger partial charge in [-0.1, -0.05) is 153 Å². The number of aryl methyl sites for hydroxylation is 2. The van der Waals surface area contributed by atoms with Crippen LogP contribution < -0.4 is 4.90 Å². The Balaban J connectivity index is 0.000000639. The van der Waals surface area contributed by atoms with E-state index in [1.165, 1.54) is 60.9 Å². The van der Waals surface area contributed by atoms with Crippen LogP contribution in [0.3, 0.4) is 0 Å². The van der Waals surface area contributed by atoms with Crippen molar-refractivity contribution < 1.29 is 0 Å². The second-order valence-corrected chi connectivity index (χ2v) is 14.4. The highest BCUT2D eigenvalue weighted by atomic mass is 15.3. The standard InChI is InChI=1S/C44H41N3.C7H8/c1-9-11-16-33(29(3)4)38-27-31(23-22-30(38)5)34-17-14-20-37-35(18-15-19-36(34)37)32-24-25-41-40(28-32)44(6,7)39(10-2)43(45-8)47(41)42-21-12-13-26-46-42;1-7-5-3-2-4-6-7/h9-28H,1-2,8H2,3-7H3;2-6H,1H3/b16-11-;. The van der Waals surface area contributed by atoms with Gasteiger partial charge < -0.3 is 0 Å². The van der Waals surface area contributed by atoms with Crippen LogP contribution in [0.5, 0.6) is 0 Å². The summed E-state index contributed by atoms with van der Waals surface area (Å²) in [5, 5.41) is 2.43. The topological polar surface area (TPSA) is 28.5 Å². The number of benzene rings is 5. The van der Waals surface area contributed by atoms with E-state index in [0.717, 1.165) is 28.5 Å². The van der Waals surface area contributed by atoms with Crippen LogP contribution in [0.1, 0.15) is 49.9 Å². The van der Waals surface area contributed by atoms with Crippen molar-refractivity contribution in [1.29, 1.82) is 0 Å². The van der Waals surface area contributed by atoms with Crippen LogP contribution in [0.25, 0.3) is 38.6 Å². The lowest BCUT2D eigenvalue weighted by molar-refractivity contribution is 0.616. The number of rotatable bonds is 8. The molecule has 6 aromatic rings. The van der Waals surface area contributed by atoms with E-state index in [-0.39, 0.29) is 5.41 Å². The summed E-state index contributed by atoms with van der Waals surface area (Å²) in [6.45, 7) is 25.0. The van der Waals surface area contributed by atoms with E-state index < -0.39 is 0 Å². The SMILES string of the molecule is C=C/C=C\C(=C(C)C)c1cc(-c2cccc3c(-c4ccc5c(c4)C(C)(C)C(C=C)=C(N=C)N5c4ccccn4)cccc23)ccc1C.Cc1ccccc1. The van der Waals surface area contributed by atoms with Gasteiger partial charge in [-0.25, -0.2) is 9.98 Å². The minimum absolute atomic E-state index is 0.356. The second kappa shape index (κ2) is 16.1. The molecule has 0 bridgehead atoms. The van der Waals surface area contributed by atoms with Crippen molar-refractivity contribution in [2.45, 2.75) is 47.0 Å². The molecule has 0 unspecified atom stereocenters. The van der Waals surface area contributed by atoms with Crippen LogP contribution in [-0.2, 0) is 5.41 Å². The highest BCUT2D eigenvalue weighted by molar-refractivity contribution is 6.05. The number of nitrogens with zero attached hydrogens (tertiary/aromatic N) is 3. The first kappa shape index (κ1) is 37.4. The maximum atomic E-state index is 4.68. The van der Waals surface area contributed by atoms with E-state index in [0.29, 0.717) is 0 Å². The van der Waals surface area contributed by atoms with Crippen LogP contribution in [0, 0.1) is 13.8 Å². The normalized spacial score (nSPS) is 13.2. The zero-order chi connectivity index (χ0) is 38.4. The van der Waals surface area contributed by atoms with Gasteiger partial charge in [-0.3, -0.25) is 4.90 Å². The first-order valence-corrected chi connectivity index (χ1v) is 18.4. The lowest BCUT2D eigenvalue weighted by Gasteiger charge is -2.41. The molecule has 54 heavy (non-hydrogen) atoms. The fraction of sp³-hybridized carbons (Fsp3) is 0.137. The van der Waals surface area contributed by atoms with Crippen molar-refractivity contribution in [2.75, 3.05) is 4.90 Å². The molecule has 0 saturated carbocycles. The van der Waals surface area contributed by atoms with Gasteiger partial charge in [-0.2, -0.15) is 0 Å². The predicted octanol–water partition coefficient (Wildman–Crippen LogP) is 13.9. The summed E-state index contributed by atoms with van der Waals surface area (Å²) in [7, 11) is 0. The third-order valence-electron chi connectivity index (χ3n) is 10.2. The maximum Gasteiger partial charge on any atom is 0.142 e. The van der Waals surface area contributed by atoms with Crippen LogP contribution in [0.4, 0.5) is 11.5 Å². The number of hydrogen-bond donors (Lipinski definition) is 0. The molecule has 0 aliphatic carbocycles. The first-order valence-electron chi connectivity index (χ1n) is 18.4. The summed E-state index contributed by atoms with van der Waals surface area (Å²) in [6, 6.07) is 43.0. The van der Waals surface area contributed by atoms with Crippen molar-refractivity contribution in [2.24, 2.45) is 4.99 Å². The largest absolute Gasteiger partial charge is 0.278 e. The Morgan fingerprint density at radius 3 is 1.94 bits per heavy atom. The molecule has 1 aliphatic heterocycles. The summed E-state index contributed by atoms with van der Waals surface area (Å²) in [5.74, 6) is 1.55. The van der Waals surface area contributed by atoms with Gasteiger partial charge in [-0.05, 0) is 120 Å². The molecular formula is C51H49N3. The second-order valence-electron chi connectivity index (χ2n) is 14.4. The third kappa shape index (κ3) is 7.31. The number of anilines is 2. The van der Waals surface area contributed by atoms with Crippen molar-refractivity contribution in [3.8, 4) is 22.3 Å². The predicted molar refractivity (Wildman–Crippen MR) is 235 cm³/mol. The number of aliphatic imine (C=N–C) groups is 1. The molecular weight excluding hydrogens is 655 g/mol. The molecule has 0 atom stereocenters. The molecule has 0 amide bonds. The average molecular weight is 704 g/mol. The zero-order valence-electron chi connectivity index (χ0n) is 32.4. The molecule has 3 nitrogen and oxygen atoms in total. The molecule has 0 spiro atoms. The number of aromatic nitrogens is 1. The fourth-order valence-electron chi connectivity index (χ4n) is 7.40. The number of pyridine rings is 1. The van der Waals surface area contributed by atoms with E-state index in [9.17, 15) is 0 Å². The summed E-state index contributed by atoms with van der Waals surface area (Å²) >= 11 is 0. The number of hydrogen-bond acceptors (Lipinski definition) is 3. The monoisotopic (exact) mass is 703 g/mol. The molecule has 3 heteroatoms. The Hall–Kier alpha value is -6.32. The smallest absolute Gasteiger partial charge is 0.142 e. The van der Waals surface area contributed by atoms with E-state index in [1.54, 1.807) is 6.20 Å². The molecule has 2 heterocycles. The average Bonchev–Trinajstić information content (AvgIpc) is 3.18. The molecule has 7 rings (SSSR count). The van der Waals surface area contributed by atoms with Gasteiger partial charge in [0.2, 0.25) is 0 Å². The molecule has 5 aromatic carbocycles. The Morgan fingerprint density at radius 2 is 1.39 bits per heavy atom. The molecule has 0 radical (unpaired) electrons. The molecule has 0 fully saturated rings. The third-order valence-corrected chi connectivity index (χ3v) is 10.2. The van der Waals surface area contributed by atoms with Gasteiger partial charge in [0, 0.05) is 17.2 Å². The number of allylic oxidation sites excluding steroid dienone is 7. The van der Waals surface area contributed by atoms with Crippen molar-refractivity contribution in [1.82, 2.24) is 4.98 Å². The summed E-state index contributed by atoms with van der Waals surface area (Å²) in [6.07, 6.45) is 9.71. The Bertz CT molecular complexity index is 2440. The van der Waals surface area contributed by atoms with E-state index >= 15 is 0 Å². The number of fused-ring (bicyclic) bond motifs is 2. The van der Waals surface area contributed by atoms with Crippen LogP contribution in [-0.4, -0.2) is 11.7 Å². The lowest BCUT2D eigenvalue weighted by atomic mass is 9.73. The minimum Gasteiger partial charge on any atom is -0.278 e. The highest BCUT2D eigenvalue weighted by Crippen LogP contribution is 2.50. The summed E-state index contributed by atoms with van der Waals surface area (Å²) in [4.78, 5) is 11.3. The maximum absolute atomic E-state index is 4.68. The lowest BCUT2D eigenvalue weighted by Crippen LogP contribution is -2.33. The van der Waals surface area contributed by atoms with Crippen LogP contribution in [0.2, 0.25) is 0 Å². The first-order chi connectivity index (χ1) is 26.1. The summed E-state index contributed by atoms with van der Waals surface area (Å²) < 4.78 is 0. The van der Waals surface area contributed by atoms with Gasteiger partial charge >= 0.3 is 0 Å². The molecule has 1 aromatic heterocycles. The Labute approximate surface area is 321 Å². The van der Waals surface area contributed by atoms with Gasteiger partial charge in [0.15, 0.2) is 0 Å². The van der Waals surface area contributed by atoms with Crippen molar-refractivity contribution >= 4 is 34.6 Å². The quantitative estimate of drug-likeness (QED) is 0.117. The van der Waals surface area contributed by atoms with Gasteiger partial charge in [0.1, 0.15) is 11.6 Å². The van der Waals surface area contributed by atoms with E-state index in [2.05, 4.69) is 167 Å².